The molecule has 1 aliphatic heterocycles. The van der Waals surface area contributed by atoms with Gasteiger partial charge in [-0.1, -0.05) is 6.92 Å². The summed E-state index contributed by atoms with van der Waals surface area (Å²) >= 11 is 0. The van der Waals surface area contributed by atoms with Crippen molar-refractivity contribution in [2.24, 2.45) is 5.92 Å². The van der Waals surface area contributed by atoms with Gasteiger partial charge in [-0.3, -0.25) is 9.88 Å². The van der Waals surface area contributed by atoms with Crippen LogP contribution in [-0.4, -0.2) is 42.6 Å². The molecule has 1 saturated carbocycles. The molecule has 2 atom stereocenters. The SMILES string of the molecule is Cc1cc(CN2CC[C@@H](C)[C@H](c3cc(C(F)F)nc4ncnn34)C2)cc(C2CC2)n1. The fourth-order valence-electron chi connectivity index (χ4n) is 4.60. The van der Waals surface area contributed by atoms with E-state index in [1.807, 2.05) is 0 Å². The van der Waals surface area contributed by atoms with Gasteiger partial charge in [-0.2, -0.15) is 10.1 Å². The maximum atomic E-state index is 13.4. The van der Waals surface area contributed by atoms with Crippen molar-refractivity contribution in [3.05, 3.63) is 52.9 Å². The van der Waals surface area contributed by atoms with E-state index in [0.29, 0.717) is 11.8 Å². The Morgan fingerprint density at radius 3 is 2.73 bits per heavy atom. The first kappa shape index (κ1) is 19.5. The van der Waals surface area contributed by atoms with Crippen LogP contribution in [0.4, 0.5) is 8.78 Å². The Morgan fingerprint density at radius 2 is 1.97 bits per heavy atom. The van der Waals surface area contributed by atoms with Gasteiger partial charge in [0.1, 0.15) is 12.0 Å². The smallest absolute Gasteiger partial charge is 0.280 e. The van der Waals surface area contributed by atoms with Crippen LogP contribution < -0.4 is 0 Å². The molecule has 3 aromatic heterocycles. The predicted molar refractivity (Wildman–Crippen MR) is 108 cm³/mol. The van der Waals surface area contributed by atoms with Crippen LogP contribution in [0.2, 0.25) is 0 Å². The van der Waals surface area contributed by atoms with Gasteiger partial charge in [0, 0.05) is 36.3 Å². The molecule has 4 heterocycles. The van der Waals surface area contributed by atoms with E-state index in [2.05, 4.69) is 45.9 Å². The third-order valence-corrected chi connectivity index (χ3v) is 6.38. The van der Waals surface area contributed by atoms with Gasteiger partial charge in [-0.25, -0.2) is 18.3 Å². The number of fused-ring (bicyclic) bond motifs is 1. The van der Waals surface area contributed by atoms with Crippen LogP contribution >= 0.6 is 0 Å². The standard InChI is InChI=1S/C22H26F2N6/c1-13-5-6-29(10-15-7-14(2)27-18(8-15)16-3-4-16)11-17(13)20-9-19(21(23)24)28-22-25-12-26-30(20)22/h7-9,12-13,16-17,21H,3-6,10-11H2,1-2H3/t13-,17-/m1/s1. The van der Waals surface area contributed by atoms with E-state index in [1.165, 1.54) is 36.5 Å². The molecule has 0 unspecified atom stereocenters. The molecule has 0 bridgehead atoms. The van der Waals surface area contributed by atoms with Crippen molar-refractivity contribution >= 4 is 5.78 Å². The maximum Gasteiger partial charge on any atom is 0.280 e. The Balaban J connectivity index is 1.42. The van der Waals surface area contributed by atoms with E-state index in [1.54, 1.807) is 4.52 Å². The molecule has 0 spiro atoms. The Labute approximate surface area is 174 Å². The molecule has 5 rings (SSSR count). The summed E-state index contributed by atoms with van der Waals surface area (Å²) in [5, 5.41) is 4.26. The summed E-state index contributed by atoms with van der Waals surface area (Å²) in [4.78, 5) is 15.1. The van der Waals surface area contributed by atoms with Crippen LogP contribution in [0.1, 0.15) is 72.8 Å². The van der Waals surface area contributed by atoms with Gasteiger partial charge in [-0.05, 0) is 62.4 Å². The van der Waals surface area contributed by atoms with E-state index < -0.39 is 6.43 Å². The summed E-state index contributed by atoms with van der Waals surface area (Å²) in [6.45, 7) is 6.88. The van der Waals surface area contributed by atoms with Gasteiger partial charge in [0.2, 0.25) is 0 Å². The summed E-state index contributed by atoms with van der Waals surface area (Å²) in [5.74, 6) is 1.32. The average molecular weight is 412 g/mol. The normalized spacial score (nSPS) is 22.8. The number of halogens is 2. The van der Waals surface area contributed by atoms with E-state index in [-0.39, 0.29) is 17.4 Å². The monoisotopic (exact) mass is 412 g/mol. The molecular formula is C22H26F2N6. The minimum Gasteiger partial charge on any atom is -0.298 e. The van der Waals surface area contributed by atoms with Crippen LogP contribution in [-0.2, 0) is 6.54 Å². The highest BCUT2D eigenvalue weighted by Gasteiger charge is 2.31. The largest absolute Gasteiger partial charge is 0.298 e. The number of alkyl halides is 2. The molecule has 0 radical (unpaired) electrons. The Hall–Kier alpha value is -2.48. The number of rotatable bonds is 5. The molecule has 30 heavy (non-hydrogen) atoms. The first-order chi connectivity index (χ1) is 14.5. The number of piperidine rings is 1. The number of aryl methyl sites for hydroxylation is 1. The molecule has 6 nitrogen and oxygen atoms in total. The third kappa shape index (κ3) is 3.80. The lowest BCUT2D eigenvalue weighted by Gasteiger charge is -2.37. The van der Waals surface area contributed by atoms with Crippen LogP contribution in [0.15, 0.2) is 24.5 Å². The third-order valence-electron chi connectivity index (χ3n) is 6.38. The Bertz CT molecular complexity index is 1060. The molecular weight excluding hydrogens is 386 g/mol. The van der Waals surface area contributed by atoms with E-state index in [0.717, 1.165) is 37.4 Å². The van der Waals surface area contributed by atoms with Crippen LogP contribution in [0.5, 0.6) is 0 Å². The summed E-state index contributed by atoms with van der Waals surface area (Å²) in [5.41, 5.74) is 4.11. The van der Waals surface area contributed by atoms with E-state index >= 15 is 0 Å². The van der Waals surface area contributed by atoms with E-state index in [9.17, 15) is 8.78 Å². The molecule has 0 N–H and O–H groups in total. The topological polar surface area (TPSA) is 59.2 Å². The second-order valence-electron chi connectivity index (χ2n) is 8.80. The Morgan fingerprint density at radius 1 is 1.13 bits per heavy atom. The second-order valence-corrected chi connectivity index (χ2v) is 8.80. The number of hydrogen-bond donors (Lipinski definition) is 0. The lowest BCUT2D eigenvalue weighted by atomic mass is 9.84. The van der Waals surface area contributed by atoms with Crippen molar-refractivity contribution in [2.45, 2.75) is 57.9 Å². The Kier molecular flexibility index (Phi) is 4.97. The molecule has 158 valence electrons. The van der Waals surface area contributed by atoms with E-state index in [4.69, 9.17) is 4.98 Å². The zero-order valence-corrected chi connectivity index (χ0v) is 17.3. The zero-order chi connectivity index (χ0) is 20.8. The maximum absolute atomic E-state index is 13.4. The fourth-order valence-corrected chi connectivity index (χ4v) is 4.60. The number of hydrogen-bond acceptors (Lipinski definition) is 5. The summed E-state index contributed by atoms with van der Waals surface area (Å²) in [6, 6.07) is 5.92. The highest BCUT2D eigenvalue weighted by atomic mass is 19.3. The summed E-state index contributed by atoms with van der Waals surface area (Å²) < 4.78 is 28.5. The van der Waals surface area contributed by atoms with Gasteiger partial charge < -0.3 is 0 Å². The minimum absolute atomic E-state index is 0.0919. The van der Waals surface area contributed by atoms with Gasteiger partial charge in [0.15, 0.2) is 0 Å². The van der Waals surface area contributed by atoms with Crippen molar-refractivity contribution in [3.8, 4) is 0 Å². The molecule has 0 amide bonds. The number of likely N-dealkylation sites (tertiary alicyclic amines) is 1. The molecule has 1 saturated heterocycles. The van der Waals surface area contributed by atoms with Crippen molar-refractivity contribution < 1.29 is 8.78 Å². The van der Waals surface area contributed by atoms with Crippen molar-refractivity contribution in [3.63, 3.8) is 0 Å². The quantitative estimate of drug-likeness (QED) is 0.626. The first-order valence-electron chi connectivity index (χ1n) is 10.7. The van der Waals surface area contributed by atoms with Crippen molar-refractivity contribution in [1.82, 2.24) is 29.5 Å². The number of nitrogens with zero attached hydrogens (tertiary/aromatic N) is 6. The van der Waals surface area contributed by atoms with Crippen LogP contribution in [0.3, 0.4) is 0 Å². The van der Waals surface area contributed by atoms with Crippen molar-refractivity contribution in [2.75, 3.05) is 13.1 Å². The van der Waals surface area contributed by atoms with Crippen molar-refractivity contribution in [1.29, 1.82) is 0 Å². The molecule has 1 aliphatic carbocycles. The highest BCUT2D eigenvalue weighted by molar-refractivity contribution is 5.33. The predicted octanol–water partition coefficient (Wildman–Crippen LogP) is 4.27. The summed E-state index contributed by atoms with van der Waals surface area (Å²) in [7, 11) is 0. The highest BCUT2D eigenvalue weighted by Crippen LogP contribution is 2.39. The second kappa shape index (κ2) is 7.65. The zero-order valence-electron chi connectivity index (χ0n) is 17.3. The van der Waals surface area contributed by atoms with Crippen LogP contribution in [0, 0.1) is 12.8 Å². The number of pyridine rings is 1. The average Bonchev–Trinajstić information content (AvgIpc) is 3.45. The molecule has 8 heteroatoms. The fraction of sp³-hybridized carbons (Fsp3) is 0.545. The van der Waals surface area contributed by atoms with Gasteiger partial charge in [-0.15, -0.1) is 0 Å². The number of aromatic nitrogens is 5. The van der Waals surface area contributed by atoms with Gasteiger partial charge >= 0.3 is 0 Å². The first-order valence-corrected chi connectivity index (χ1v) is 10.7. The molecule has 0 aromatic carbocycles. The lowest BCUT2D eigenvalue weighted by molar-refractivity contribution is 0.143. The molecule has 2 fully saturated rings. The minimum atomic E-state index is -2.62. The lowest BCUT2D eigenvalue weighted by Crippen LogP contribution is -2.38. The molecule has 2 aliphatic rings. The summed E-state index contributed by atoms with van der Waals surface area (Å²) in [6.07, 6.45) is 2.24. The van der Waals surface area contributed by atoms with Crippen LogP contribution in [0.25, 0.3) is 5.78 Å². The molecule has 3 aromatic rings. The van der Waals surface area contributed by atoms with Gasteiger partial charge in [0.05, 0.1) is 5.69 Å². The van der Waals surface area contributed by atoms with Gasteiger partial charge in [0.25, 0.3) is 12.2 Å².